The Morgan fingerprint density at radius 3 is 1.86 bits per heavy atom. The highest BCUT2D eigenvalue weighted by atomic mass is 16.3. The van der Waals surface area contributed by atoms with Crippen molar-refractivity contribution in [1.29, 1.82) is 0 Å². The molecule has 3 nitrogen and oxygen atoms in total. The molecule has 0 radical (unpaired) electrons. The monoisotopic (exact) mass is 289 g/mol. The van der Waals surface area contributed by atoms with Crippen LogP contribution in [-0.2, 0) is 15.6 Å². The zero-order valence-electron chi connectivity index (χ0n) is 14.2. The Kier molecular flexibility index (Phi) is 4.98. The van der Waals surface area contributed by atoms with Crippen LogP contribution < -0.4 is 0 Å². The number of Topliss-reactive ketones (excluding diaryl/α,β-unsaturated/α-hetero) is 1. The molecule has 21 heavy (non-hydrogen) atoms. The van der Waals surface area contributed by atoms with Crippen LogP contribution in [0.3, 0.4) is 0 Å². The second kappa shape index (κ2) is 6.00. The standard InChI is InChI=1S/C18H27NO2/c1-12(20)10-19-11-13-8-14(17(2,3)4)16(21)15(9-13)18(5,6)7/h8-9,11,21H,10H2,1-7H3/b19-11+. The molecule has 0 spiro atoms. The third kappa shape index (κ3) is 4.69. The Labute approximate surface area is 128 Å². The van der Waals surface area contributed by atoms with Crippen LogP contribution in [0.2, 0.25) is 0 Å². The highest BCUT2D eigenvalue weighted by Crippen LogP contribution is 2.39. The van der Waals surface area contributed by atoms with Gasteiger partial charge in [-0.25, -0.2) is 0 Å². The summed E-state index contributed by atoms with van der Waals surface area (Å²) >= 11 is 0. The third-order valence-corrected chi connectivity index (χ3v) is 3.30. The smallest absolute Gasteiger partial charge is 0.151 e. The van der Waals surface area contributed by atoms with Crippen molar-refractivity contribution in [3.05, 3.63) is 28.8 Å². The lowest BCUT2D eigenvalue weighted by Crippen LogP contribution is -2.17. The van der Waals surface area contributed by atoms with E-state index in [2.05, 4.69) is 46.5 Å². The maximum atomic E-state index is 11.0. The van der Waals surface area contributed by atoms with Crippen molar-refractivity contribution >= 4 is 12.0 Å². The van der Waals surface area contributed by atoms with Gasteiger partial charge in [-0.1, -0.05) is 41.5 Å². The topological polar surface area (TPSA) is 49.7 Å². The number of aromatic hydroxyl groups is 1. The SMILES string of the molecule is CC(=O)C/N=C/c1cc(C(C)(C)C)c(O)c(C(C)(C)C)c1. The maximum Gasteiger partial charge on any atom is 0.151 e. The molecule has 0 bridgehead atoms. The van der Waals surface area contributed by atoms with Crippen LogP contribution in [-0.4, -0.2) is 23.6 Å². The molecule has 1 N–H and O–H groups in total. The number of carbonyl (C=O) groups is 1. The zero-order valence-corrected chi connectivity index (χ0v) is 14.2. The summed E-state index contributed by atoms with van der Waals surface area (Å²) in [5.74, 6) is 0.399. The molecule has 0 aliphatic carbocycles. The molecule has 0 atom stereocenters. The minimum absolute atomic E-state index is 0.0390. The largest absolute Gasteiger partial charge is 0.507 e. The van der Waals surface area contributed by atoms with E-state index in [9.17, 15) is 9.90 Å². The Morgan fingerprint density at radius 1 is 1.10 bits per heavy atom. The molecule has 1 rings (SSSR count). The van der Waals surface area contributed by atoms with E-state index in [1.807, 2.05) is 12.1 Å². The molecule has 0 aromatic heterocycles. The number of rotatable bonds is 3. The van der Waals surface area contributed by atoms with Crippen LogP contribution in [0.15, 0.2) is 17.1 Å². The average Bonchev–Trinajstić information content (AvgIpc) is 2.27. The molecule has 0 heterocycles. The van der Waals surface area contributed by atoms with Gasteiger partial charge in [0.25, 0.3) is 0 Å². The van der Waals surface area contributed by atoms with Gasteiger partial charge in [0.2, 0.25) is 0 Å². The van der Waals surface area contributed by atoms with Crippen molar-refractivity contribution in [3.8, 4) is 5.75 Å². The minimum Gasteiger partial charge on any atom is -0.507 e. The predicted molar refractivity (Wildman–Crippen MR) is 88.6 cm³/mol. The number of carbonyl (C=O) groups excluding carboxylic acids is 1. The number of hydrogen-bond donors (Lipinski definition) is 1. The quantitative estimate of drug-likeness (QED) is 0.855. The van der Waals surface area contributed by atoms with E-state index in [1.165, 1.54) is 6.92 Å². The van der Waals surface area contributed by atoms with Crippen LogP contribution in [0.4, 0.5) is 0 Å². The normalized spacial score (nSPS) is 12.9. The molecule has 0 aliphatic heterocycles. The van der Waals surface area contributed by atoms with Crippen LogP contribution in [0, 0.1) is 0 Å². The number of aliphatic imine (C=N–C) groups is 1. The van der Waals surface area contributed by atoms with Gasteiger partial charge in [-0.15, -0.1) is 0 Å². The van der Waals surface area contributed by atoms with E-state index in [0.717, 1.165) is 16.7 Å². The Bertz CT molecular complexity index is 523. The van der Waals surface area contributed by atoms with Gasteiger partial charge in [-0.2, -0.15) is 0 Å². The molecule has 1 aromatic rings. The van der Waals surface area contributed by atoms with Crippen molar-refractivity contribution in [2.24, 2.45) is 4.99 Å². The fraction of sp³-hybridized carbons (Fsp3) is 0.556. The van der Waals surface area contributed by atoms with Gasteiger partial charge >= 0.3 is 0 Å². The number of ketones is 1. The van der Waals surface area contributed by atoms with Crippen molar-refractivity contribution in [1.82, 2.24) is 0 Å². The Hall–Kier alpha value is -1.64. The van der Waals surface area contributed by atoms with Gasteiger partial charge in [0.15, 0.2) is 5.78 Å². The van der Waals surface area contributed by atoms with Gasteiger partial charge in [0.1, 0.15) is 5.75 Å². The highest BCUT2D eigenvalue weighted by Gasteiger charge is 2.26. The van der Waals surface area contributed by atoms with Crippen LogP contribution in [0.5, 0.6) is 5.75 Å². The summed E-state index contributed by atoms with van der Waals surface area (Å²) in [4.78, 5) is 15.1. The van der Waals surface area contributed by atoms with Crippen molar-refractivity contribution < 1.29 is 9.90 Å². The molecule has 1 aromatic carbocycles. The first-order chi connectivity index (χ1) is 9.43. The van der Waals surface area contributed by atoms with E-state index >= 15 is 0 Å². The van der Waals surface area contributed by atoms with Crippen molar-refractivity contribution in [3.63, 3.8) is 0 Å². The Morgan fingerprint density at radius 2 is 1.52 bits per heavy atom. The van der Waals surface area contributed by atoms with E-state index in [0.29, 0.717) is 5.75 Å². The predicted octanol–water partition coefficient (Wildman–Crippen LogP) is 4.00. The molecule has 0 aliphatic rings. The zero-order chi connectivity index (χ0) is 16.4. The number of nitrogens with zero attached hydrogens (tertiary/aromatic N) is 1. The van der Waals surface area contributed by atoms with Gasteiger partial charge in [-0.3, -0.25) is 9.79 Å². The van der Waals surface area contributed by atoms with E-state index in [1.54, 1.807) is 6.21 Å². The molecular weight excluding hydrogens is 262 g/mol. The molecule has 0 saturated heterocycles. The summed E-state index contributed by atoms with van der Waals surface area (Å²) in [6.45, 7) is 14.2. The summed E-state index contributed by atoms with van der Waals surface area (Å²) in [5.41, 5.74) is 2.41. The van der Waals surface area contributed by atoms with E-state index < -0.39 is 0 Å². The second-order valence-electron chi connectivity index (χ2n) is 7.64. The lowest BCUT2D eigenvalue weighted by molar-refractivity contribution is -0.115. The molecule has 0 amide bonds. The summed E-state index contributed by atoms with van der Waals surface area (Å²) < 4.78 is 0. The van der Waals surface area contributed by atoms with E-state index in [4.69, 9.17) is 0 Å². The number of phenols is 1. The summed E-state index contributed by atoms with van der Waals surface area (Å²) in [6.07, 6.45) is 1.71. The highest BCUT2D eigenvalue weighted by molar-refractivity contribution is 5.85. The first-order valence-corrected chi connectivity index (χ1v) is 7.30. The van der Waals surface area contributed by atoms with Gasteiger partial charge in [0.05, 0.1) is 6.54 Å². The molecule has 0 fully saturated rings. The lowest BCUT2D eigenvalue weighted by Gasteiger charge is -2.27. The molecule has 0 saturated carbocycles. The fourth-order valence-corrected chi connectivity index (χ4v) is 2.15. The first-order valence-electron chi connectivity index (χ1n) is 7.30. The van der Waals surface area contributed by atoms with Crippen LogP contribution in [0.25, 0.3) is 0 Å². The fourth-order valence-electron chi connectivity index (χ4n) is 2.15. The molecule has 0 unspecified atom stereocenters. The van der Waals surface area contributed by atoms with Gasteiger partial charge < -0.3 is 5.11 Å². The van der Waals surface area contributed by atoms with Crippen LogP contribution in [0.1, 0.15) is 65.2 Å². The number of benzene rings is 1. The van der Waals surface area contributed by atoms with Gasteiger partial charge in [-0.05, 0) is 35.4 Å². The van der Waals surface area contributed by atoms with Crippen LogP contribution >= 0.6 is 0 Å². The van der Waals surface area contributed by atoms with Crippen molar-refractivity contribution in [2.75, 3.05) is 6.54 Å². The van der Waals surface area contributed by atoms with Gasteiger partial charge in [0, 0.05) is 17.3 Å². The summed E-state index contributed by atoms with van der Waals surface area (Å²) in [7, 11) is 0. The lowest BCUT2D eigenvalue weighted by atomic mass is 9.78. The van der Waals surface area contributed by atoms with Crippen molar-refractivity contribution in [2.45, 2.75) is 59.3 Å². The molecule has 3 heteroatoms. The van der Waals surface area contributed by atoms with E-state index in [-0.39, 0.29) is 23.2 Å². The summed E-state index contributed by atoms with van der Waals surface area (Å²) in [6, 6.07) is 3.91. The number of phenolic OH excluding ortho intramolecular Hbond substituents is 1. The Balaban J connectivity index is 3.41. The number of hydrogen-bond acceptors (Lipinski definition) is 3. The third-order valence-electron chi connectivity index (χ3n) is 3.30. The minimum atomic E-state index is -0.158. The molecular formula is C18H27NO2. The first kappa shape index (κ1) is 17.4. The maximum absolute atomic E-state index is 11.0. The second-order valence-corrected chi connectivity index (χ2v) is 7.64. The summed E-state index contributed by atoms with van der Waals surface area (Å²) in [5, 5.41) is 10.6. The molecule has 116 valence electrons. The average molecular weight is 289 g/mol.